The molecule has 1 saturated carbocycles. The van der Waals surface area contributed by atoms with Crippen molar-refractivity contribution in [1.82, 2.24) is 15.7 Å². The fourth-order valence-electron chi connectivity index (χ4n) is 7.89. The standard InChI is InChI=1S/C37H55N3O11/c1-4-6-8-14-36(15-9-7-5-2)49-29-27-22-37(35(46)39-28(24(3)43)33(44)38-16-17-41)31(34(45)48-27)40(51-32(37)30(29)50-36)23-26-12-10-11-25(21-26)13-19-47-20-18-42/h10-13,19,21,24,27-32,41-43H,4-9,14-18,20,22-23H2,1-3H3,(H,38,44)(H,39,46). The zero-order chi connectivity index (χ0) is 36.6. The van der Waals surface area contributed by atoms with E-state index in [2.05, 4.69) is 24.5 Å². The Balaban J connectivity index is 1.51. The molecule has 51 heavy (non-hydrogen) atoms. The number of hydroxylamine groups is 2. The van der Waals surface area contributed by atoms with Crippen molar-refractivity contribution in [1.29, 1.82) is 0 Å². The maximum atomic E-state index is 14.7. The Kier molecular flexibility index (Phi) is 13.5. The Morgan fingerprint density at radius 1 is 1.08 bits per heavy atom. The quantitative estimate of drug-likeness (QED) is 0.0753. The van der Waals surface area contributed by atoms with Crippen LogP contribution in [0.25, 0.3) is 6.08 Å². The van der Waals surface area contributed by atoms with Gasteiger partial charge in [0.1, 0.15) is 42.5 Å². The number of hydrogen-bond donors (Lipinski definition) is 5. The first-order valence-corrected chi connectivity index (χ1v) is 18.5. The maximum absolute atomic E-state index is 14.7. The van der Waals surface area contributed by atoms with Gasteiger partial charge in [-0.2, -0.15) is 5.06 Å². The summed E-state index contributed by atoms with van der Waals surface area (Å²) in [7, 11) is 0. The minimum absolute atomic E-state index is 0.0610. The average molecular weight is 718 g/mol. The Morgan fingerprint density at radius 3 is 2.47 bits per heavy atom. The highest BCUT2D eigenvalue weighted by Crippen LogP contribution is 2.58. The second-order valence-electron chi connectivity index (χ2n) is 14.1. The smallest absolute Gasteiger partial charge is 0.327 e. The molecule has 4 aliphatic rings. The molecule has 5 rings (SSSR count). The fourth-order valence-corrected chi connectivity index (χ4v) is 7.89. The van der Waals surface area contributed by atoms with Crippen molar-refractivity contribution in [3.8, 4) is 0 Å². The van der Waals surface area contributed by atoms with Gasteiger partial charge in [0.25, 0.3) is 0 Å². The van der Waals surface area contributed by atoms with Crippen LogP contribution in [-0.2, 0) is 44.7 Å². The summed E-state index contributed by atoms with van der Waals surface area (Å²) in [5.74, 6) is -2.89. The van der Waals surface area contributed by atoms with Crippen LogP contribution in [0.5, 0.6) is 0 Å². The third-order valence-corrected chi connectivity index (χ3v) is 10.3. The Morgan fingerprint density at radius 2 is 1.80 bits per heavy atom. The molecule has 0 spiro atoms. The molecule has 8 unspecified atom stereocenters. The summed E-state index contributed by atoms with van der Waals surface area (Å²) in [5, 5.41) is 35.6. The van der Waals surface area contributed by atoms with Crippen LogP contribution >= 0.6 is 0 Å². The number of unbranched alkanes of at least 4 members (excludes halogenated alkanes) is 4. The molecule has 8 atom stereocenters. The van der Waals surface area contributed by atoms with Crippen LogP contribution in [0.15, 0.2) is 30.5 Å². The number of aliphatic hydroxyl groups excluding tert-OH is 3. The lowest BCUT2D eigenvalue weighted by atomic mass is 9.62. The van der Waals surface area contributed by atoms with Gasteiger partial charge in [-0.15, -0.1) is 0 Å². The van der Waals surface area contributed by atoms with Crippen molar-refractivity contribution in [2.75, 3.05) is 26.4 Å². The lowest BCUT2D eigenvalue weighted by Gasteiger charge is -2.49. The number of aliphatic hydroxyl groups is 3. The Bertz CT molecular complexity index is 1360. The number of esters is 1. The van der Waals surface area contributed by atoms with Gasteiger partial charge in [0.15, 0.2) is 11.8 Å². The van der Waals surface area contributed by atoms with Crippen LogP contribution in [0.3, 0.4) is 0 Å². The molecule has 5 N–H and O–H groups in total. The minimum Gasteiger partial charge on any atom is -0.499 e. The van der Waals surface area contributed by atoms with Crippen LogP contribution in [-0.4, -0.2) is 113 Å². The van der Waals surface area contributed by atoms with E-state index in [1.54, 1.807) is 6.08 Å². The number of fused-ring (bicyclic) bond motifs is 4. The summed E-state index contributed by atoms with van der Waals surface area (Å²) in [6.07, 6.45) is 5.93. The van der Waals surface area contributed by atoms with Gasteiger partial charge in [-0.25, -0.2) is 0 Å². The number of carbonyl (C=O) groups excluding carboxylic acids is 3. The summed E-state index contributed by atoms with van der Waals surface area (Å²) in [6, 6.07) is 4.95. The maximum Gasteiger partial charge on any atom is 0.327 e. The van der Waals surface area contributed by atoms with Gasteiger partial charge < -0.3 is 44.9 Å². The number of hydrogen-bond acceptors (Lipinski definition) is 12. The lowest BCUT2D eigenvalue weighted by molar-refractivity contribution is -0.224. The van der Waals surface area contributed by atoms with Crippen LogP contribution in [0.2, 0.25) is 0 Å². The number of rotatable bonds is 20. The third-order valence-electron chi connectivity index (χ3n) is 10.3. The van der Waals surface area contributed by atoms with Crippen molar-refractivity contribution in [2.24, 2.45) is 5.41 Å². The monoisotopic (exact) mass is 717 g/mol. The number of nitrogens with one attached hydrogen (secondary N) is 2. The van der Waals surface area contributed by atoms with E-state index in [0.29, 0.717) is 12.8 Å². The first kappa shape index (κ1) is 39.1. The van der Waals surface area contributed by atoms with Crippen molar-refractivity contribution in [3.05, 3.63) is 41.7 Å². The second-order valence-corrected chi connectivity index (χ2v) is 14.1. The second kappa shape index (κ2) is 17.6. The zero-order valence-electron chi connectivity index (χ0n) is 30.0. The van der Waals surface area contributed by atoms with Gasteiger partial charge in [0, 0.05) is 25.8 Å². The molecular weight excluding hydrogens is 662 g/mol. The van der Waals surface area contributed by atoms with E-state index in [9.17, 15) is 24.6 Å². The average Bonchev–Trinajstić information content (AvgIpc) is 3.66. The summed E-state index contributed by atoms with van der Waals surface area (Å²) in [5.41, 5.74) is 0.0429. The van der Waals surface area contributed by atoms with E-state index in [4.69, 9.17) is 28.9 Å². The molecule has 4 fully saturated rings. The molecule has 1 aliphatic carbocycles. The van der Waals surface area contributed by atoms with Gasteiger partial charge in [0.05, 0.1) is 32.1 Å². The largest absolute Gasteiger partial charge is 0.499 e. The number of nitrogens with zero attached hydrogens (tertiary/aromatic N) is 1. The molecule has 14 heteroatoms. The topological polar surface area (TPSA) is 185 Å². The molecule has 3 heterocycles. The number of amides is 2. The molecule has 1 aromatic carbocycles. The Labute approximate surface area is 299 Å². The van der Waals surface area contributed by atoms with Crippen molar-refractivity contribution in [3.63, 3.8) is 0 Å². The van der Waals surface area contributed by atoms with E-state index in [1.807, 2.05) is 24.3 Å². The molecule has 0 aromatic heterocycles. The number of ether oxygens (including phenoxy) is 4. The summed E-state index contributed by atoms with van der Waals surface area (Å²) >= 11 is 0. The summed E-state index contributed by atoms with van der Waals surface area (Å²) in [6.45, 7) is 5.45. The predicted octanol–water partition coefficient (Wildman–Crippen LogP) is 2.08. The first-order chi connectivity index (χ1) is 24.6. The summed E-state index contributed by atoms with van der Waals surface area (Å²) < 4.78 is 25.1. The van der Waals surface area contributed by atoms with E-state index in [1.165, 1.54) is 18.2 Å². The number of carbonyl (C=O) groups is 3. The molecule has 284 valence electrons. The third kappa shape index (κ3) is 8.43. The van der Waals surface area contributed by atoms with Gasteiger partial charge in [0.2, 0.25) is 11.8 Å². The van der Waals surface area contributed by atoms with Gasteiger partial charge in [-0.05, 0) is 37.0 Å². The summed E-state index contributed by atoms with van der Waals surface area (Å²) in [4.78, 5) is 48.5. The van der Waals surface area contributed by atoms with E-state index < -0.39 is 71.6 Å². The van der Waals surface area contributed by atoms with Crippen molar-refractivity contribution < 1.29 is 53.5 Å². The predicted molar refractivity (Wildman–Crippen MR) is 184 cm³/mol. The number of benzene rings is 1. The molecule has 14 nitrogen and oxygen atoms in total. The molecule has 0 radical (unpaired) electrons. The SMILES string of the molecule is CCCCCC1(CCCCC)OC2C3CC4(C(=O)NC(C(=O)NCCO)C(C)O)C(ON(Cc5cccc(C=COCCO)c5)C4C(=O)O3)C2O1. The van der Waals surface area contributed by atoms with Crippen LogP contribution in [0.1, 0.15) is 89.7 Å². The molecule has 2 amide bonds. The normalized spacial score (nSPS) is 29.0. The van der Waals surface area contributed by atoms with Gasteiger partial charge >= 0.3 is 5.97 Å². The van der Waals surface area contributed by atoms with Crippen LogP contribution in [0.4, 0.5) is 0 Å². The highest BCUT2D eigenvalue weighted by Gasteiger charge is 2.76. The lowest BCUT2D eigenvalue weighted by Crippen LogP contribution is -2.71. The van der Waals surface area contributed by atoms with Crippen molar-refractivity contribution >= 4 is 23.9 Å². The highest BCUT2D eigenvalue weighted by atomic mass is 16.8. The van der Waals surface area contributed by atoms with Gasteiger partial charge in [-0.3, -0.25) is 19.2 Å². The van der Waals surface area contributed by atoms with Crippen molar-refractivity contribution in [2.45, 2.75) is 133 Å². The van der Waals surface area contributed by atoms with E-state index in [-0.39, 0.29) is 39.3 Å². The minimum atomic E-state index is -1.55. The van der Waals surface area contributed by atoms with Crippen LogP contribution < -0.4 is 10.6 Å². The van der Waals surface area contributed by atoms with Crippen LogP contribution in [0, 0.1) is 5.41 Å². The molecule has 1 aromatic rings. The first-order valence-electron chi connectivity index (χ1n) is 18.5. The molecule has 2 bridgehead atoms. The zero-order valence-corrected chi connectivity index (χ0v) is 30.0. The fraction of sp³-hybridized carbons (Fsp3) is 0.703. The molecule has 3 saturated heterocycles. The Hall–Kier alpha value is -3.11. The molecule has 3 aliphatic heterocycles. The van der Waals surface area contributed by atoms with Gasteiger partial charge in [-0.1, -0.05) is 63.8 Å². The highest BCUT2D eigenvalue weighted by molar-refractivity contribution is 5.96. The molecular formula is C37H55N3O11. The van der Waals surface area contributed by atoms with E-state index in [0.717, 1.165) is 49.7 Å². The van der Waals surface area contributed by atoms with E-state index >= 15 is 0 Å².